The minimum atomic E-state index is -5.10. The molecule has 0 saturated carbocycles. The maximum atomic E-state index is 12.0. The van der Waals surface area contributed by atoms with Gasteiger partial charge in [0.15, 0.2) is 0 Å². The smallest absolute Gasteiger partial charge is 0.388 e. The van der Waals surface area contributed by atoms with Gasteiger partial charge in [0.2, 0.25) is 5.91 Å². The third-order valence-corrected chi connectivity index (χ3v) is 7.04. The Hall–Kier alpha value is -1.02. The number of phosphoric ester groups is 2. The van der Waals surface area contributed by atoms with Crippen molar-refractivity contribution in [1.82, 2.24) is 5.32 Å². The van der Waals surface area contributed by atoms with E-state index >= 15 is 0 Å². The lowest BCUT2D eigenvalue weighted by molar-refractivity contribution is -0.870. The lowest BCUT2D eigenvalue weighted by atomic mass is 9.93. The van der Waals surface area contributed by atoms with Crippen molar-refractivity contribution in [2.45, 2.75) is 24.4 Å². The molecule has 0 radical (unpaired) electrons. The van der Waals surface area contributed by atoms with Crippen LogP contribution in [0.2, 0.25) is 0 Å². The first kappa shape index (κ1) is 26.2. The van der Waals surface area contributed by atoms with E-state index in [1.807, 2.05) is 0 Å². The second-order valence-corrected chi connectivity index (χ2v) is 11.1. The summed E-state index contributed by atoms with van der Waals surface area (Å²) in [5, 5.41) is 29.9. The Labute approximate surface area is 178 Å². The number of ether oxygens (including phenoxy) is 1. The first-order valence-electron chi connectivity index (χ1n) is 9.16. The van der Waals surface area contributed by atoms with Crippen LogP contribution in [0.25, 0.3) is 0 Å². The van der Waals surface area contributed by atoms with Crippen LogP contribution in [0.5, 0.6) is 0 Å². The minimum Gasteiger partial charge on any atom is -0.388 e. The predicted octanol–water partition coefficient (Wildman–Crippen LogP) is -1.29. The second kappa shape index (κ2) is 9.86. The number of rotatable bonds is 10. The van der Waals surface area contributed by atoms with Gasteiger partial charge in [-0.05, 0) is 6.08 Å². The van der Waals surface area contributed by atoms with Crippen LogP contribution in [0.1, 0.15) is 0 Å². The van der Waals surface area contributed by atoms with Crippen molar-refractivity contribution in [3.63, 3.8) is 0 Å². The summed E-state index contributed by atoms with van der Waals surface area (Å²) in [6.07, 6.45) is -3.08. The van der Waals surface area contributed by atoms with Crippen molar-refractivity contribution >= 4 is 27.4 Å². The molecule has 16 heteroatoms. The highest BCUT2D eigenvalue weighted by molar-refractivity contribution is 7.61. The standard InChI is InChI=1S/C15H27N3O11P2/c1-18(2,3)6-7-26-30(22,23)29-31(24,25)27-8-10-12(19)13(20)14(28-10)9-4-5-11(16)17-15(9)21/h4-5,9-10,12-14,19-20H,6-8H2,1-3H3,(H3-,16,17,21,22,23,24,25)/p+1/t9?,10-,12?,13+,14+/m1/s1. The molecule has 2 heterocycles. The summed E-state index contributed by atoms with van der Waals surface area (Å²) in [5.41, 5.74) is 0. The predicted molar refractivity (Wildman–Crippen MR) is 105 cm³/mol. The van der Waals surface area contributed by atoms with Crippen LogP contribution in [0, 0.1) is 11.3 Å². The lowest BCUT2D eigenvalue weighted by Gasteiger charge is -2.25. The lowest BCUT2D eigenvalue weighted by Crippen LogP contribution is -2.46. The van der Waals surface area contributed by atoms with Crippen molar-refractivity contribution in [3.8, 4) is 0 Å². The van der Waals surface area contributed by atoms with Gasteiger partial charge in [0.25, 0.3) is 0 Å². The number of hydrogen-bond acceptors (Lipinski definition) is 10. The Kier molecular flexibility index (Phi) is 8.34. The largest absolute Gasteiger partial charge is 0.481 e. The van der Waals surface area contributed by atoms with E-state index < -0.39 is 58.5 Å². The topological polar surface area (TPSA) is 205 Å². The molecule has 7 atom stereocenters. The number of nitrogens with zero attached hydrogens (tertiary/aromatic N) is 1. The number of quaternary nitrogens is 1. The number of phosphoric acid groups is 2. The molecule has 6 N–H and O–H groups in total. The molecule has 2 rings (SSSR count). The van der Waals surface area contributed by atoms with E-state index in [9.17, 15) is 33.9 Å². The number of carbonyl (C=O) groups excluding carboxylic acids is 1. The van der Waals surface area contributed by atoms with Gasteiger partial charge < -0.3 is 34.5 Å². The first-order valence-corrected chi connectivity index (χ1v) is 12.1. The van der Waals surface area contributed by atoms with E-state index in [-0.39, 0.29) is 12.4 Å². The molecule has 14 nitrogen and oxygen atoms in total. The van der Waals surface area contributed by atoms with Gasteiger partial charge in [-0.1, -0.05) is 6.08 Å². The minimum absolute atomic E-state index is 0.148. The summed E-state index contributed by atoms with van der Waals surface area (Å²) in [6.45, 7) is -0.714. The Morgan fingerprint density at radius 1 is 1.16 bits per heavy atom. The van der Waals surface area contributed by atoms with E-state index in [0.29, 0.717) is 11.0 Å². The molecule has 0 aliphatic carbocycles. The quantitative estimate of drug-likeness (QED) is 0.158. The van der Waals surface area contributed by atoms with Gasteiger partial charge in [-0.3, -0.25) is 19.3 Å². The Balaban J connectivity index is 1.91. The maximum absolute atomic E-state index is 12.0. The third-order valence-electron chi connectivity index (χ3n) is 4.41. The number of hydrogen-bond donors (Lipinski definition) is 6. The molecule has 178 valence electrons. The zero-order valence-corrected chi connectivity index (χ0v) is 18.9. The van der Waals surface area contributed by atoms with Crippen LogP contribution in [0.4, 0.5) is 0 Å². The first-order chi connectivity index (χ1) is 14.1. The zero-order chi connectivity index (χ0) is 23.6. The van der Waals surface area contributed by atoms with Crippen LogP contribution in [0.3, 0.4) is 0 Å². The van der Waals surface area contributed by atoms with E-state index in [1.54, 1.807) is 21.1 Å². The molecule has 0 aromatic rings. The molecule has 4 unspecified atom stereocenters. The molecule has 1 amide bonds. The second-order valence-electron chi connectivity index (χ2n) is 8.07. The molecule has 0 aromatic heterocycles. The van der Waals surface area contributed by atoms with Gasteiger partial charge in [-0.25, -0.2) is 9.13 Å². The van der Waals surface area contributed by atoms with E-state index in [2.05, 4.69) is 18.7 Å². The van der Waals surface area contributed by atoms with Gasteiger partial charge in [0.1, 0.15) is 43.4 Å². The fourth-order valence-electron chi connectivity index (χ4n) is 2.79. The number of aliphatic hydroxyl groups is 2. The van der Waals surface area contributed by atoms with Gasteiger partial charge in [-0.15, -0.1) is 0 Å². The zero-order valence-electron chi connectivity index (χ0n) is 17.2. The fraction of sp³-hybridized carbons (Fsp3) is 0.733. The Bertz CT molecular complexity index is 815. The SMILES string of the molecule is C[N+](C)(C)CCOP(=O)(O)OP(=O)(O)OC[C@H]1O[C@@H](C2C=CC(=N)NC2=O)[C@@H](O)C1O. The summed E-state index contributed by atoms with van der Waals surface area (Å²) in [6, 6.07) is 0. The summed E-state index contributed by atoms with van der Waals surface area (Å²) in [7, 11) is -4.61. The maximum Gasteiger partial charge on any atom is 0.481 e. The highest BCUT2D eigenvalue weighted by atomic mass is 31.3. The molecule has 0 bridgehead atoms. The molecule has 0 spiro atoms. The van der Waals surface area contributed by atoms with Crippen molar-refractivity contribution in [1.29, 1.82) is 5.41 Å². The van der Waals surface area contributed by atoms with Crippen LogP contribution in [0.15, 0.2) is 12.2 Å². The highest BCUT2D eigenvalue weighted by Gasteiger charge is 2.49. The molecule has 1 saturated heterocycles. The van der Waals surface area contributed by atoms with Crippen molar-refractivity contribution in [2.24, 2.45) is 5.92 Å². The molecular weight excluding hydrogens is 460 g/mol. The van der Waals surface area contributed by atoms with Crippen LogP contribution in [-0.4, -0.2) is 102 Å². The third kappa shape index (κ3) is 7.81. The van der Waals surface area contributed by atoms with E-state index in [4.69, 9.17) is 10.1 Å². The normalized spacial score (nSPS) is 33.1. The van der Waals surface area contributed by atoms with Crippen LogP contribution in [-0.2, 0) is 32.0 Å². The monoisotopic (exact) mass is 488 g/mol. The van der Waals surface area contributed by atoms with Crippen LogP contribution < -0.4 is 5.32 Å². The molecule has 0 aromatic carbocycles. The van der Waals surface area contributed by atoms with Crippen molar-refractivity contribution in [2.75, 3.05) is 40.9 Å². The number of nitrogens with one attached hydrogen (secondary N) is 2. The number of likely N-dealkylation sites (N-methyl/N-ethyl adjacent to an activating group) is 1. The van der Waals surface area contributed by atoms with Gasteiger partial charge >= 0.3 is 15.6 Å². The molecule has 2 aliphatic heterocycles. The highest BCUT2D eigenvalue weighted by Crippen LogP contribution is 2.60. The Morgan fingerprint density at radius 3 is 2.35 bits per heavy atom. The Morgan fingerprint density at radius 2 is 1.77 bits per heavy atom. The summed E-state index contributed by atoms with van der Waals surface area (Å²) < 4.78 is 43.1. The van der Waals surface area contributed by atoms with Crippen molar-refractivity contribution in [3.05, 3.63) is 12.2 Å². The molecule has 31 heavy (non-hydrogen) atoms. The van der Waals surface area contributed by atoms with Gasteiger partial charge in [0, 0.05) is 0 Å². The average Bonchev–Trinajstić information content (AvgIpc) is 2.86. The van der Waals surface area contributed by atoms with E-state index in [0.717, 1.165) is 0 Å². The van der Waals surface area contributed by atoms with Gasteiger partial charge in [0.05, 0.1) is 33.7 Å². The van der Waals surface area contributed by atoms with Crippen LogP contribution >= 0.6 is 15.6 Å². The number of amides is 1. The summed E-state index contributed by atoms with van der Waals surface area (Å²) in [5.74, 6) is -1.80. The number of amidine groups is 1. The fourth-order valence-corrected chi connectivity index (χ4v) is 4.86. The van der Waals surface area contributed by atoms with Crippen molar-refractivity contribution < 1.29 is 56.5 Å². The van der Waals surface area contributed by atoms with Gasteiger partial charge in [-0.2, -0.15) is 4.31 Å². The molecule has 1 fully saturated rings. The molecular formula is C15H28N3O11P2+. The average molecular weight is 488 g/mol. The summed E-state index contributed by atoms with van der Waals surface area (Å²) in [4.78, 5) is 31.3. The number of carbonyl (C=O) groups is 1. The van der Waals surface area contributed by atoms with E-state index in [1.165, 1.54) is 12.2 Å². The summed E-state index contributed by atoms with van der Waals surface area (Å²) >= 11 is 0. The molecule has 2 aliphatic rings. The number of aliphatic hydroxyl groups excluding tert-OH is 2.